The summed E-state index contributed by atoms with van der Waals surface area (Å²) < 4.78 is 10.3. The third-order valence-corrected chi connectivity index (χ3v) is 3.10. The molecule has 1 unspecified atom stereocenters. The van der Waals surface area contributed by atoms with Crippen molar-refractivity contribution in [3.8, 4) is 6.07 Å². The maximum Gasteiger partial charge on any atom is 0.101 e. The molecule has 104 valence electrons. The van der Waals surface area contributed by atoms with Crippen LogP contribution in [-0.2, 0) is 9.47 Å². The highest BCUT2D eigenvalue weighted by Gasteiger charge is 2.18. The number of nitriles is 1. The molecule has 1 atom stereocenters. The van der Waals surface area contributed by atoms with Gasteiger partial charge in [0.25, 0.3) is 0 Å². The number of hydrogen-bond donors (Lipinski definition) is 0. The number of anilines is 1. The van der Waals surface area contributed by atoms with E-state index in [-0.39, 0.29) is 6.04 Å². The average Bonchev–Trinajstić information content (AvgIpc) is 2.40. The number of ether oxygens (including phenoxy) is 2. The molecule has 4 nitrogen and oxygen atoms in total. The summed E-state index contributed by atoms with van der Waals surface area (Å²) >= 11 is 6.04. The van der Waals surface area contributed by atoms with Crippen LogP contribution in [0, 0.1) is 11.3 Å². The first-order chi connectivity index (χ1) is 9.13. The number of nitrogens with zero attached hydrogens (tertiary/aromatic N) is 2. The third-order valence-electron chi connectivity index (χ3n) is 2.87. The minimum atomic E-state index is 0.130. The lowest BCUT2D eigenvalue weighted by atomic mass is 10.1. The Kier molecular flexibility index (Phi) is 6.65. The lowest BCUT2D eigenvalue weighted by Gasteiger charge is -2.31. The van der Waals surface area contributed by atoms with Gasteiger partial charge in [-0.2, -0.15) is 5.26 Å². The van der Waals surface area contributed by atoms with E-state index < -0.39 is 0 Å². The smallest absolute Gasteiger partial charge is 0.101 e. The van der Waals surface area contributed by atoms with E-state index in [0.717, 1.165) is 5.69 Å². The zero-order chi connectivity index (χ0) is 14.3. The maximum absolute atomic E-state index is 9.21. The van der Waals surface area contributed by atoms with Gasteiger partial charge in [0.1, 0.15) is 6.07 Å². The van der Waals surface area contributed by atoms with E-state index >= 15 is 0 Å². The number of hydrogen-bond acceptors (Lipinski definition) is 4. The molecular weight excluding hydrogens is 264 g/mol. The van der Waals surface area contributed by atoms with Crippen LogP contribution >= 0.6 is 11.6 Å². The van der Waals surface area contributed by atoms with Crippen molar-refractivity contribution in [2.45, 2.75) is 13.0 Å². The predicted molar refractivity (Wildman–Crippen MR) is 76.7 cm³/mol. The summed E-state index contributed by atoms with van der Waals surface area (Å²) in [6.45, 7) is 3.86. The first-order valence-corrected chi connectivity index (χ1v) is 6.46. The Morgan fingerprint density at radius 1 is 1.37 bits per heavy atom. The van der Waals surface area contributed by atoms with E-state index in [1.807, 2.05) is 13.0 Å². The largest absolute Gasteiger partial charge is 0.383 e. The summed E-state index contributed by atoms with van der Waals surface area (Å²) in [4.78, 5) is 2.08. The van der Waals surface area contributed by atoms with Crippen LogP contribution in [0.25, 0.3) is 0 Å². The van der Waals surface area contributed by atoms with Gasteiger partial charge in [-0.1, -0.05) is 11.6 Å². The molecule has 0 spiro atoms. The van der Waals surface area contributed by atoms with Crippen molar-refractivity contribution in [1.82, 2.24) is 0 Å². The predicted octanol–water partition coefficient (Wildman–Crippen LogP) is 2.70. The van der Waals surface area contributed by atoms with E-state index in [2.05, 4.69) is 11.0 Å². The second-order valence-corrected chi connectivity index (χ2v) is 4.70. The highest BCUT2D eigenvalue weighted by atomic mass is 35.5. The molecule has 5 heteroatoms. The van der Waals surface area contributed by atoms with Crippen LogP contribution in [0.1, 0.15) is 12.5 Å². The molecule has 1 aromatic rings. The first kappa shape index (κ1) is 15.8. The highest BCUT2D eigenvalue weighted by molar-refractivity contribution is 6.30. The summed E-state index contributed by atoms with van der Waals surface area (Å²) in [6.07, 6.45) is 0. The Hall–Kier alpha value is -1.28. The van der Waals surface area contributed by atoms with Crippen LogP contribution in [-0.4, -0.2) is 40.0 Å². The fraction of sp³-hybridized carbons (Fsp3) is 0.500. The molecule has 0 aliphatic heterocycles. The van der Waals surface area contributed by atoms with E-state index in [4.69, 9.17) is 21.1 Å². The highest BCUT2D eigenvalue weighted by Crippen LogP contribution is 2.26. The average molecular weight is 283 g/mol. The molecular formula is C14H19ClN2O2. The van der Waals surface area contributed by atoms with E-state index in [1.54, 1.807) is 26.4 Å². The summed E-state index contributed by atoms with van der Waals surface area (Å²) in [5.41, 5.74) is 1.42. The van der Waals surface area contributed by atoms with Crippen molar-refractivity contribution < 1.29 is 9.47 Å². The minimum absolute atomic E-state index is 0.130. The fourth-order valence-corrected chi connectivity index (χ4v) is 2.10. The summed E-state index contributed by atoms with van der Waals surface area (Å²) in [6, 6.07) is 7.59. The number of halogens is 1. The molecule has 0 aliphatic rings. The van der Waals surface area contributed by atoms with E-state index in [9.17, 15) is 5.26 Å². The van der Waals surface area contributed by atoms with Gasteiger partial charge in [0.2, 0.25) is 0 Å². The normalized spacial score (nSPS) is 11.9. The Bertz CT molecular complexity index is 446. The lowest BCUT2D eigenvalue weighted by molar-refractivity contribution is 0.171. The zero-order valence-corrected chi connectivity index (χ0v) is 12.3. The molecule has 0 amide bonds. The Balaban J connectivity index is 3.08. The molecule has 0 aliphatic carbocycles. The lowest BCUT2D eigenvalue weighted by Crippen LogP contribution is -2.39. The van der Waals surface area contributed by atoms with Crippen LogP contribution in [0.2, 0.25) is 5.02 Å². The second-order valence-electron chi connectivity index (χ2n) is 4.26. The fourth-order valence-electron chi connectivity index (χ4n) is 1.94. The van der Waals surface area contributed by atoms with Crippen LogP contribution in [0.5, 0.6) is 0 Å². The third kappa shape index (κ3) is 4.39. The molecule has 0 heterocycles. The van der Waals surface area contributed by atoms with Gasteiger partial charge in [0.05, 0.1) is 24.5 Å². The standard InChI is InChI=1S/C14H19ClN2O2/c1-11(10-19-3)17(6-7-18-2)14-8-13(15)5-4-12(14)9-16/h4-5,8,11H,6-7,10H2,1-3H3. The Morgan fingerprint density at radius 3 is 2.68 bits per heavy atom. The van der Waals surface area contributed by atoms with Crippen LogP contribution in [0.3, 0.4) is 0 Å². The van der Waals surface area contributed by atoms with Crippen molar-refractivity contribution in [2.75, 3.05) is 38.9 Å². The monoisotopic (exact) mass is 282 g/mol. The van der Waals surface area contributed by atoms with Gasteiger partial charge in [-0.25, -0.2) is 0 Å². The van der Waals surface area contributed by atoms with Crippen molar-refractivity contribution in [1.29, 1.82) is 5.26 Å². The maximum atomic E-state index is 9.21. The van der Waals surface area contributed by atoms with Crippen molar-refractivity contribution in [2.24, 2.45) is 0 Å². The van der Waals surface area contributed by atoms with Gasteiger partial charge in [-0.3, -0.25) is 0 Å². The van der Waals surface area contributed by atoms with Gasteiger partial charge >= 0.3 is 0 Å². The molecule has 0 saturated heterocycles. The van der Waals surface area contributed by atoms with Gasteiger partial charge in [0.15, 0.2) is 0 Å². The molecule has 19 heavy (non-hydrogen) atoms. The van der Waals surface area contributed by atoms with Gasteiger partial charge in [-0.15, -0.1) is 0 Å². The molecule has 0 saturated carbocycles. The zero-order valence-electron chi connectivity index (χ0n) is 11.5. The van der Waals surface area contributed by atoms with Crippen LogP contribution in [0.4, 0.5) is 5.69 Å². The van der Waals surface area contributed by atoms with E-state index in [1.165, 1.54) is 0 Å². The summed E-state index contributed by atoms with van der Waals surface area (Å²) in [7, 11) is 3.32. The first-order valence-electron chi connectivity index (χ1n) is 6.08. The van der Waals surface area contributed by atoms with Gasteiger partial charge in [-0.05, 0) is 25.1 Å². The van der Waals surface area contributed by atoms with Gasteiger partial charge in [0, 0.05) is 31.8 Å². The molecule has 1 aromatic carbocycles. The molecule has 0 bridgehead atoms. The van der Waals surface area contributed by atoms with Gasteiger partial charge < -0.3 is 14.4 Å². The quantitative estimate of drug-likeness (QED) is 0.771. The SMILES string of the molecule is COCCN(c1cc(Cl)ccc1C#N)C(C)COC. The van der Waals surface area contributed by atoms with E-state index in [0.29, 0.717) is 30.3 Å². The summed E-state index contributed by atoms with van der Waals surface area (Å²) in [5, 5.41) is 9.83. The number of methoxy groups -OCH3 is 2. The number of benzene rings is 1. The molecule has 0 fully saturated rings. The molecule has 0 radical (unpaired) electrons. The molecule has 0 N–H and O–H groups in total. The van der Waals surface area contributed by atoms with Crippen molar-refractivity contribution in [3.05, 3.63) is 28.8 Å². The van der Waals surface area contributed by atoms with Crippen molar-refractivity contribution in [3.63, 3.8) is 0 Å². The topological polar surface area (TPSA) is 45.5 Å². The second kappa shape index (κ2) is 8.00. The van der Waals surface area contributed by atoms with Crippen molar-refractivity contribution >= 4 is 17.3 Å². The Labute approximate surface area is 119 Å². The van der Waals surface area contributed by atoms with Crippen LogP contribution < -0.4 is 4.90 Å². The number of rotatable bonds is 7. The molecule has 1 rings (SSSR count). The summed E-state index contributed by atoms with van der Waals surface area (Å²) in [5.74, 6) is 0. The Morgan fingerprint density at radius 2 is 2.11 bits per heavy atom. The molecule has 0 aromatic heterocycles. The van der Waals surface area contributed by atoms with Crippen LogP contribution in [0.15, 0.2) is 18.2 Å². The minimum Gasteiger partial charge on any atom is -0.383 e.